The van der Waals surface area contributed by atoms with Crippen molar-refractivity contribution < 1.29 is 14.3 Å². The number of likely N-dealkylation sites (tertiary alicyclic amines) is 1. The molecule has 1 saturated carbocycles. The number of hydrogen-bond donors (Lipinski definition) is 0. The smallest absolute Gasteiger partial charge is 0.251 e. The van der Waals surface area contributed by atoms with Gasteiger partial charge in [0.15, 0.2) is 0 Å². The van der Waals surface area contributed by atoms with Crippen LogP contribution in [0, 0.1) is 18.8 Å². The fraction of sp³-hybridized carbons (Fsp3) is 0.750. The number of carbonyl (C=O) groups is 2. The molecule has 0 aromatic carbocycles. The molecule has 1 aliphatic carbocycles. The molecule has 7 heteroatoms. The van der Waals surface area contributed by atoms with Crippen LogP contribution in [0.15, 0.2) is 5.51 Å². The summed E-state index contributed by atoms with van der Waals surface area (Å²) in [5.41, 5.74) is 2.80. The van der Waals surface area contributed by atoms with Crippen molar-refractivity contribution in [1.82, 2.24) is 14.8 Å². The van der Waals surface area contributed by atoms with Crippen LogP contribution >= 0.6 is 11.3 Å². The molecule has 6 nitrogen and oxygen atoms in total. The van der Waals surface area contributed by atoms with Gasteiger partial charge < -0.3 is 14.5 Å². The molecule has 1 saturated heterocycles. The first-order valence-corrected chi connectivity index (χ1v) is 10.8. The Morgan fingerprint density at radius 2 is 2.15 bits per heavy atom. The summed E-state index contributed by atoms with van der Waals surface area (Å²) in [5, 5.41) is 0. The van der Waals surface area contributed by atoms with E-state index in [0.717, 1.165) is 42.4 Å². The van der Waals surface area contributed by atoms with Crippen molar-refractivity contribution in [2.24, 2.45) is 11.8 Å². The van der Waals surface area contributed by atoms with Crippen LogP contribution < -0.4 is 0 Å². The second-order valence-electron chi connectivity index (χ2n) is 7.93. The van der Waals surface area contributed by atoms with Gasteiger partial charge in [-0.1, -0.05) is 12.8 Å². The van der Waals surface area contributed by atoms with Gasteiger partial charge >= 0.3 is 0 Å². The molecule has 0 N–H and O–H groups in total. The maximum absolute atomic E-state index is 12.8. The Morgan fingerprint density at radius 3 is 2.78 bits per heavy atom. The van der Waals surface area contributed by atoms with Crippen LogP contribution in [-0.2, 0) is 20.9 Å². The molecule has 2 amide bonds. The summed E-state index contributed by atoms with van der Waals surface area (Å²) in [7, 11) is 1.56. The summed E-state index contributed by atoms with van der Waals surface area (Å²) in [6.07, 6.45) is 4.81. The number of nitrogens with zero attached hydrogens (tertiary/aromatic N) is 3. The topological polar surface area (TPSA) is 62.7 Å². The summed E-state index contributed by atoms with van der Waals surface area (Å²) in [6.45, 7) is 6.57. The van der Waals surface area contributed by atoms with Crippen molar-refractivity contribution in [2.45, 2.75) is 58.6 Å². The molecule has 2 unspecified atom stereocenters. The Bertz CT molecular complexity index is 659. The van der Waals surface area contributed by atoms with E-state index >= 15 is 0 Å². The van der Waals surface area contributed by atoms with Crippen LogP contribution in [0.25, 0.3) is 0 Å². The molecule has 3 rings (SSSR count). The van der Waals surface area contributed by atoms with Crippen LogP contribution in [0.5, 0.6) is 0 Å². The number of amides is 2. The summed E-state index contributed by atoms with van der Waals surface area (Å²) < 4.78 is 5.26. The molecular formula is C20H31N3O3S. The average molecular weight is 394 g/mol. The summed E-state index contributed by atoms with van der Waals surface area (Å²) in [4.78, 5) is 34.5. The van der Waals surface area contributed by atoms with Gasteiger partial charge in [0.25, 0.3) is 5.91 Å². The van der Waals surface area contributed by atoms with Gasteiger partial charge in [0, 0.05) is 38.0 Å². The lowest BCUT2D eigenvalue weighted by molar-refractivity contribution is -0.142. The van der Waals surface area contributed by atoms with E-state index in [9.17, 15) is 9.59 Å². The highest BCUT2D eigenvalue weighted by Gasteiger charge is 2.31. The van der Waals surface area contributed by atoms with Gasteiger partial charge in [0.1, 0.15) is 6.10 Å². The van der Waals surface area contributed by atoms with E-state index in [4.69, 9.17) is 4.74 Å². The number of methoxy groups -OCH3 is 1. The Labute approximate surface area is 165 Å². The highest BCUT2D eigenvalue weighted by molar-refractivity contribution is 7.09. The Hall–Kier alpha value is -1.47. The number of aryl methyl sites for hydroxylation is 1. The Kier molecular flexibility index (Phi) is 6.87. The summed E-state index contributed by atoms with van der Waals surface area (Å²) in [5.74, 6) is 1.41. The zero-order valence-electron chi connectivity index (χ0n) is 16.6. The minimum Gasteiger partial charge on any atom is -0.372 e. The molecule has 1 aliphatic heterocycles. The SMILES string of the molecule is COC(C)C(=O)N(Cc1scnc1C)CC1CCN(C(=O)CCC2CC2)C1. The van der Waals surface area contributed by atoms with E-state index in [2.05, 4.69) is 4.98 Å². The van der Waals surface area contributed by atoms with Crippen molar-refractivity contribution in [1.29, 1.82) is 0 Å². The molecule has 2 fully saturated rings. The second-order valence-corrected chi connectivity index (χ2v) is 8.87. The van der Waals surface area contributed by atoms with Crippen LogP contribution in [0.4, 0.5) is 0 Å². The number of carbonyl (C=O) groups excluding carboxylic acids is 2. The zero-order chi connectivity index (χ0) is 19.4. The number of aromatic nitrogens is 1. The van der Waals surface area contributed by atoms with Gasteiger partial charge in [0.2, 0.25) is 5.91 Å². The maximum Gasteiger partial charge on any atom is 0.251 e. The van der Waals surface area contributed by atoms with E-state index in [1.165, 1.54) is 12.8 Å². The molecule has 1 aromatic rings. The monoisotopic (exact) mass is 393 g/mol. The van der Waals surface area contributed by atoms with Gasteiger partial charge in [-0.3, -0.25) is 9.59 Å². The average Bonchev–Trinajstić information content (AvgIpc) is 3.24. The predicted molar refractivity (Wildman–Crippen MR) is 105 cm³/mol. The van der Waals surface area contributed by atoms with E-state index in [-0.39, 0.29) is 11.8 Å². The van der Waals surface area contributed by atoms with E-state index in [0.29, 0.717) is 25.4 Å². The highest BCUT2D eigenvalue weighted by atomic mass is 32.1. The van der Waals surface area contributed by atoms with E-state index in [1.54, 1.807) is 25.4 Å². The number of hydrogen-bond acceptors (Lipinski definition) is 5. The third-order valence-corrected chi connectivity index (χ3v) is 6.69. The van der Waals surface area contributed by atoms with Gasteiger partial charge in [-0.05, 0) is 38.5 Å². The molecule has 27 heavy (non-hydrogen) atoms. The molecule has 2 heterocycles. The summed E-state index contributed by atoms with van der Waals surface area (Å²) >= 11 is 1.58. The molecule has 0 bridgehead atoms. The lowest BCUT2D eigenvalue weighted by atomic mass is 10.1. The Balaban J connectivity index is 1.57. The first-order valence-electron chi connectivity index (χ1n) is 9.96. The first kappa shape index (κ1) is 20.3. The van der Waals surface area contributed by atoms with Gasteiger partial charge in [0.05, 0.1) is 17.7 Å². The summed E-state index contributed by atoms with van der Waals surface area (Å²) in [6, 6.07) is 0. The lowest BCUT2D eigenvalue weighted by Crippen LogP contribution is -2.41. The lowest BCUT2D eigenvalue weighted by Gasteiger charge is -2.28. The van der Waals surface area contributed by atoms with Crippen molar-refractivity contribution in [3.8, 4) is 0 Å². The molecule has 1 aromatic heterocycles. The van der Waals surface area contributed by atoms with E-state index in [1.807, 2.05) is 22.2 Å². The standard InChI is InChI=1S/C20H31N3O3S/c1-14-18(27-13-21-14)12-23(20(25)15(2)26-3)11-17-8-9-22(10-17)19(24)7-6-16-4-5-16/h13,15-17H,4-12H2,1-3H3. The Morgan fingerprint density at radius 1 is 1.37 bits per heavy atom. The van der Waals surface area contributed by atoms with Crippen LogP contribution in [0.2, 0.25) is 0 Å². The third-order valence-electron chi connectivity index (χ3n) is 5.77. The number of thiazole rings is 1. The second kappa shape index (κ2) is 9.15. The van der Waals surface area contributed by atoms with Crippen molar-refractivity contribution in [2.75, 3.05) is 26.7 Å². The first-order chi connectivity index (χ1) is 13.0. The quantitative estimate of drug-likeness (QED) is 0.647. The fourth-order valence-electron chi connectivity index (χ4n) is 3.65. The molecule has 2 aliphatic rings. The van der Waals surface area contributed by atoms with Crippen LogP contribution in [-0.4, -0.2) is 59.4 Å². The van der Waals surface area contributed by atoms with E-state index < -0.39 is 6.10 Å². The van der Waals surface area contributed by atoms with Crippen LogP contribution in [0.1, 0.15) is 49.6 Å². The predicted octanol–water partition coefficient (Wildman–Crippen LogP) is 2.85. The minimum atomic E-state index is -0.462. The highest BCUT2D eigenvalue weighted by Crippen LogP contribution is 2.34. The molecule has 0 spiro atoms. The number of rotatable bonds is 9. The maximum atomic E-state index is 12.8. The molecule has 2 atom stereocenters. The van der Waals surface area contributed by atoms with Gasteiger partial charge in [-0.2, -0.15) is 0 Å². The van der Waals surface area contributed by atoms with Crippen molar-refractivity contribution in [3.63, 3.8) is 0 Å². The van der Waals surface area contributed by atoms with Crippen molar-refractivity contribution >= 4 is 23.2 Å². The largest absolute Gasteiger partial charge is 0.372 e. The fourth-order valence-corrected chi connectivity index (χ4v) is 4.45. The van der Waals surface area contributed by atoms with Crippen molar-refractivity contribution in [3.05, 3.63) is 16.1 Å². The van der Waals surface area contributed by atoms with Crippen LogP contribution in [0.3, 0.4) is 0 Å². The normalized spacial score (nSPS) is 20.7. The molecule has 150 valence electrons. The molecule has 0 radical (unpaired) electrons. The third kappa shape index (κ3) is 5.51. The number of ether oxygens (including phenoxy) is 1. The minimum absolute atomic E-state index is 0.00353. The molecular weight excluding hydrogens is 362 g/mol. The van der Waals surface area contributed by atoms with Gasteiger partial charge in [-0.15, -0.1) is 11.3 Å². The van der Waals surface area contributed by atoms with Gasteiger partial charge in [-0.25, -0.2) is 4.98 Å². The zero-order valence-corrected chi connectivity index (χ0v) is 17.5.